The zero-order valence-corrected chi connectivity index (χ0v) is 17.0. The summed E-state index contributed by atoms with van der Waals surface area (Å²) in [6, 6.07) is 16.1. The van der Waals surface area contributed by atoms with E-state index in [1.165, 1.54) is 0 Å². The van der Waals surface area contributed by atoms with Gasteiger partial charge in [-0.1, -0.05) is 24.3 Å². The van der Waals surface area contributed by atoms with E-state index < -0.39 is 5.91 Å². The molecule has 156 valence electrons. The highest BCUT2D eigenvalue weighted by atomic mass is 16.2. The van der Waals surface area contributed by atoms with Crippen molar-refractivity contribution in [1.82, 2.24) is 30.3 Å². The van der Waals surface area contributed by atoms with Gasteiger partial charge in [0.05, 0.1) is 29.0 Å². The summed E-state index contributed by atoms with van der Waals surface area (Å²) in [5.41, 5.74) is 2.67. The number of benzene rings is 1. The predicted molar refractivity (Wildman–Crippen MR) is 116 cm³/mol. The van der Waals surface area contributed by atoms with Gasteiger partial charge in [0.15, 0.2) is 5.69 Å². The molecular formula is C22H21N7O2. The molecule has 0 radical (unpaired) electrons. The zero-order valence-electron chi connectivity index (χ0n) is 17.0. The van der Waals surface area contributed by atoms with Crippen molar-refractivity contribution < 1.29 is 9.59 Å². The van der Waals surface area contributed by atoms with E-state index in [4.69, 9.17) is 0 Å². The third-order valence-corrected chi connectivity index (χ3v) is 4.38. The largest absolute Gasteiger partial charge is 0.348 e. The molecule has 9 heteroatoms. The highest BCUT2D eigenvalue weighted by Gasteiger charge is 2.21. The van der Waals surface area contributed by atoms with Gasteiger partial charge in [0.1, 0.15) is 5.69 Å². The number of nitrogens with one attached hydrogen (secondary N) is 3. The van der Waals surface area contributed by atoms with E-state index in [0.717, 1.165) is 5.69 Å². The van der Waals surface area contributed by atoms with Gasteiger partial charge < -0.3 is 10.6 Å². The first-order chi connectivity index (χ1) is 15.0. The number of rotatable bonds is 6. The number of hydrogen-bond acceptors (Lipinski definition) is 5. The number of aromatic amines is 1. The van der Waals surface area contributed by atoms with Gasteiger partial charge >= 0.3 is 0 Å². The van der Waals surface area contributed by atoms with Crippen molar-refractivity contribution in [1.29, 1.82) is 0 Å². The van der Waals surface area contributed by atoms with Crippen LogP contribution < -0.4 is 10.6 Å². The van der Waals surface area contributed by atoms with Crippen molar-refractivity contribution in [2.24, 2.45) is 0 Å². The second kappa shape index (κ2) is 8.62. The molecule has 0 aliphatic carbocycles. The van der Waals surface area contributed by atoms with Crippen molar-refractivity contribution in [2.45, 2.75) is 19.9 Å². The van der Waals surface area contributed by atoms with Crippen LogP contribution in [0.3, 0.4) is 0 Å². The third kappa shape index (κ3) is 4.50. The first-order valence-electron chi connectivity index (χ1n) is 9.75. The Kier molecular flexibility index (Phi) is 5.57. The average molecular weight is 415 g/mol. The van der Waals surface area contributed by atoms with Crippen LogP contribution in [0, 0.1) is 0 Å². The van der Waals surface area contributed by atoms with E-state index in [-0.39, 0.29) is 23.3 Å². The molecule has 0 aliphatic heterocycles. The van der Waals surface area contributed by atoms with E-state index in [1.807, 2.05) is 44.2 Å². The molecule has 2 amide bonds. The number of pyridine rings is 1. The summed E-state index contributed by atoms with van der Waals surface area (Å²) in [7, 11) is 0. The molecule has 1 aromatic carbocycles. The van der Waals surface area contributed by atoms with E-state index in [2.05, 4.69) is 30.9 Å². The topological polar surface area (TPSA) is 118 Å². The second-order valence-electron chi connectivity index (χ2n) is 7.13. The Bertz CT molecular complexity index is 1200. The summed E-state index contributed by atoms with van der Waals surface area (Å²) in [4.78, 5) is 30.0. The number of carbonyl (C=O) groups is 2. The molecular weight excluding hydrogens is 394 g/mol. The fraction of sp³-hybridized carbons (Fsp3) is 0.136. The van der Waals surface area contributed by atoms with E-state index >= 15 is 0 Å². The van der Waals surface area contributed by atoms with Crippen LogP contribution >= 0.6 is 0 Å². The summed E-state index contributed by atoms with van der Waals surface area (Å²) >= 11 is 0. The smallest absolute Gasteiger partial charge is 0.274 e. The lowest BCUT2D eigenvalue weighted by molar-refractivity contribution is 0.0938. The summed E-state index contributed by atoms with van der Waals surface area (Å²) in [5, 5.41) is 16.7. The SMILES string of the molecule is CC(C)NC(=O)c1nn(-c2ccccc2)cc1NC(=O)c1cccc(-c2ccn[nH]2)n1. The molecule has 0 saturated carbocycles. The average Bonchev–Trinajstić information content (AvgIpc) is 3.44. The molecule has 3 aromatic heterocycles. The first kappa shape index (κ1) is 20.0. The first-order valence-corrected chi connectivity index (χ1v) is 9.75. The molecule has 4 aromatic rings. The zero-order chi connectivity index (χ0) is 21.8. The van der Waals surface area contributed by atoms with Crippen LogP contribution in [0.5, 0.6) is 0 Å². The monoisotopic (exact) mass is 415 g/mol. The minimum absolute atomic E-state index is 0.0781. The molecule has 0 fully saturated rings. The molecule has 3 heterocycles. The van der Waals surface area contributed by atoms with Crippen LogP contribution in [0.15, 0.2) is 67.0 Å². The Morgan fingerprint density at radius 3 is 2.52 bits per heavy atom. The lowest BCUT2D eigenvalue weighted by atomic mass is 10.2. The maximum Gasteiger partial charge on any atom is 0.274 e. The molecule has 0 saturated heterocycles. The van der Waals surface area contributed by atoms with Gasteiger partial charge in [-0.2, -0.15) is 10.2 Å². The minimum atomic E-state index is -0.451. The Balaban J connectivity index is 1.65. The predicted octanol–water partition coefficient (Wildman–Crippen LogP) is 3.05. The molecule has 0 bridgehead atoms. The van der Waals surface area contributed by atoms with Gasteiger partial charge in [0, 0.05) is 12.2 Å². The molecule has 31 heavy (non-hydrogen) atoms. The van der Waals surface area contributed by atoms with Crippen molar-refractivity contribution in [2.75, 3.05) is 5.32 Å². The van der Waals surface area contributed by atoms with Gasteiger partial charge in [-0.25, -0.2) is 9.67 Å². The van der Waals surface area contributed by atoms with Gasteiger partial charge in [0.2, 0.25) is 0 Å². The van der Waals surface area contributed by atoms with Gasteiger partial charge in [-0.05, 0) is 44.2 Å². The summed E-state index contributed by atoms with van der Waals surface area (Å²) in [5.74, 6) is -0.827. The Hall–Kier alpha value is -4.27. The quantitative estimate of drug-likeness (QED) is 0.447. The molecule has 0 atom stereocenters. The second-order valence-corrected chi connectivity index (χ2v) is 7.13. The number of aromatic nitrogens is 5. The standard InChI is InChI=1S/C22H21N7O2/c1-14(2)24-22(31)20-19(13-29(28-20)15-7-4-3-5-8-15)26-21(30)18-10-6-9-16(25-18)17-11-12-23-27-17/h3-14H,1-2H3,(H,23,27)(H,24,31)(H,26,30). The van der Waals surface area contributed by atoms with E-state index in [0.29, 0.717) is 17.1 Å². The number of nitrogens with zero attached hydrogens (tertiary/aromatic N) is 4. The number of carbonyl (C=O) groups excluding carboxylic acids is 2. The van der Waals surface area contributed by atoms with Crippen molar-refractivity contribution in [3.8, 4) is 17.1 Å². The van der Waals surface area contributed by atoms with E-state index in [9.17, 15) is 9.59 Å². The number of para-hydroxylation sites is 1. The molecule has 0 unspecified atom stereocenters. The molecule has 4 rings (SSSR count). The molecule has 0 aliphatic rings. The van der Waals surface area contributed by atoms with Crippen LogP contribution in [0.4, 0.5) is 5.69 Å². The molecule has 9 nitrogen and oxygen atoms in total. The fourth-order valence-corrected chi connectivity index (χ4v) is 2.97. The molecule has 0 spiro atoms. The lowest BCUT2D eigenvalue weighted by Gasteiger charge is -2.08. The summed E-state index contributed by atoms with van der Waals surface area (Å²) in [6.45, 7) is 3.71. The normalized spacial score (nSPS) is 10.8. The van der Waals surface area contributed by atoms with Crippen LogP contribution in [0.1, 0.15) is 34.8 Å². The van der Waals surface area contributed by atoms with Gasteiger partial charge in [0.25, 0.3) is 11.8 Å². The van der Waals surface area contributed by atoms with Crippen LogP contribution in [0.25, 0.3) is 17.1 Å². The Morgan fingerprint density at radius 1 is 1.00 bits per heavy atom. The third-order valence-electron chi connectivity index (χ3n) is 4.38. The van der Waals surface area contributed by atoms with E-state index in [1.54, 1.807) is 41.3 Å². The number of hydrogen-bond donors (Lipinski definition) is 3. The Labute approximate surface area is 178 Å². The number of anilines is 1. The van der Waals surface area contributed by atoms with Crippen molar-refractivity contribution >= 4 is 17.5 Å². The van der Waals surface area contributed by atoms with Gasteiger partial charge in [-0.3, -0.25) is 14.7 Å². The highest BCUT2D eigenvalue weighted by Crippen LogP contribution is 2.19. The Morgan fingerprint density at radius 2 is 1.81 bits per heavy atom. The van der Waals surface area contributed by atoms with Crippen molar-refractivity contribution in [3.63, 3.8) is 0 Å². The maximum absolute atomic E-state index is 12.9. The van der Waals surface area contributed by atoms with Crippen LogP contribution in [-0.2, 0) is 0 Å². The van der Waals surface area contributed by atoms with Crippen molar-refractivity contribution in [3.05, 3.63) is 78.4 Å². The van der Waals surface area contributed by atoms with Crippen LogP contribution in [0.2, 0.25) is 0 Å². The summed E-state index contributed by atoms with van der Waals surface area (Å²) < 4.78 is 1.55. The summed E-state index contributed by atoms with van der Waals surface area (Å²) in [6.07, 6.45) is 3.22. The van der Waals surface area contributed by atoms with Crippen LogP contribution in [-0.4, -0.2) is 42.8 Å². The number of amides is 2. The fourth-order valence-electron chi connectivity index (χ4n) is 2.97. The maximum atomic E-state index is 12.9. The highest BCUT2D eigenvalue weighted by molar-refractivity contribution is 6.07. The van der Waals surface area contributed by atoms with Gasteiger partial charge in [-0.15, -0.1) is 0 Å². The molecule has 3 N–H and O–H groups in total. The minimum Gasteiger partial charge on any atom is -0.348 e. The number of H-pyrrole nitrogens is 1. The lowest BCUT2D eigenvalue weighted by Crippen LogP contribution is -2.31.